The first-order valence-electron chi connectivity index (χ1n) is 12.3. The number of carbonyl (C=O) groups excluding carboxylic acids is 1. The van der Waals surface area contributed by atoms with E-state index in [1.54, 1.807) is 6.07 Å². The minimum absolute atomic E-state index is 0.0500. The molecular formula is C27H25F4N5O2S. The highest BCUT2D eigenvalue weighted by Gasteiger charge is 2.23. The van der Waals surface area contributed by atoms with Crippen LogP contribution in [-0.2, 0) is 4.79 Å². The number of benzene rings is 2. The molecule has 1 aliphatic heterocycles. The molecule has 1 atom stereocenters. The first-order valence-corrected chi connectivity index (χ1v) is 13.1. The van der Waals surface area contributed by atoms with Gasteiger partial charge in [-0.1, -0.05) is 24.8 Å². The number of hydrogen-bond donors (Lipinski definition) is 2. The lowest BCUT2D eigenvalue weighted by Crippen LogP contribution is -2.31. The van der Waals surface area contributed by atoms with Crippen molar-refractivity contribution < 1.29 is 27.1 Å². The van der Waals surface area contributed by atoms with Crippen molar-refractivity contribution >= 4 is 44.1 Å². The molecule has 204 valence electrons. The van der Waals surface area contributed by atoms with E-state index < -0.39 is 28.5 Å². The lowest BCUT2D eigenvalue weighted by atomic mass is 10.0. The molecule has 0 radical (unpaired) electrons. The molecular weight excluding hydrogens is 534 g/mol. The second-order valence-corrected chi connectivity index (χ2v) is 10.2. The summed E-state index contributed by atoms with van der Waals surface area (Å²) in [7, 11) is 2.02. The Labute approximate surface area is 225 Å². The second kappa shape index (κ2) is 11.1. The van der Waals surface area contributed by atoms with E-state index in [9.17, 15) is 18.0 Å². The van der Waals surface area contributed by atoms with Gasteiger partial charge in [0.1, 0.15) is 18.2 Å². The molecule has 39 heavy (non-hydrogen) atoms. The Bertz CT molecular complexity index is 1580. The predicted molar refractivity (Wildman–Crippen MR) is 143 cm³/mol. The van der Waals surface area contributed by atoms with Crippen LogP contribution in [0.2, 0.25) is 0 Å². The van der Waals surface area contributed by atoms with E-state index in [0.717, 1.165) is 19.4 Å². The van der Waals surface area contributed by atoms with Crippen molar-refractivity contribution in [2.75, 3.05) is 38.6 Å². The third-order valence-electron chi connectivity index (χ3n) is 6.70. The minimum atomic E-state index is -1.11. The first-order chi connectivity index (χ1) is 18.7. The number of halogens is 4. The third-order valence-corrected chi connectivity index (χ3v) is 7.70. The topological polar surface area (TPSA) is 79.4 Å². The van der Waals surface area contributed by atoms with Gasteiger partial charge in [0.2, 0.25) is 5.13 Å². The molecule has 1 fully saturated rings. The van der Waals surface area contributed by atoms with Crippen molar-refractivity contribution in [1.82, 2.24) is 20.2 Å². The molecule has 5 rings (SSSR count). The summed E-state index contributed by atoms with van der Waals surface area (Å²) >= 11 is 0.611. The molecule has 0 spiro atoms. The van der Waals surface area contributed by atoms with Gasteiger partial charge in [-0.15, -0.1) is 11.3 Å². The summed E-state index contributed by atoms with van der Waals surface area (Å²) in [5, 5.41) is 4.81. The quantitative estimate of drug-likeness (QED) is 0.162. The van der Waals surface area contributed by atoms with Crippen LogP contribution in [0.15, 0.2) is 42.7 Å². The number of carbonyl (C=O) groups is 1. The van der Waals surface area contributed by atoms with Crippen LogP contribution in [0, 0.1) is 16.8 Å². The van der Waals surface area contributed by atoms with E-state index in [0.29, 0.717) is 34.4 Å². The van der Waals surface area contributed by atoms with Gasteiger partial charge in [0, 0.05) is 45.7 Å². The van der Waals surface area contributed by atoms with Gasteiger partial charge in [-0.25, -0.2) is 13.2 Å². The molecule has 12 heteroatoms. The molecule has 2 N–H and O–H groups in total. The number of hydrogen-bond acceptors (Lipinski definition) is 7. The summed E-state index contributed by atoms with van der Waals surface area (Å²) in [5.74, 6) is -3.40. The van der Waals surface area contributed by atoms with Crippen LogP contribution in [0.25, 0.3) is 32.1 Å². The van der Waals surface area contributed by atoms with Crippen LogP contribution in [0.1, 0.15) is 12.8 Å². The number of likely N-dealkylation sites (N-methyl/N-ethyl adjacent to an activating group) is 1. The Balaban J connectivity index is 1.51. The fourth-order valence-electron chi connectivity index (χ4n) is 4.62. The highest BCUT2D eigenvalue weighted by Crippen LogP contribution is 2.39. The van der Waals surface area contributed by atoms with E-state index in [1.165, 1.54) is 24.3 Å². The van der Waals surface area contributed by atoms with E-state index in [2.05, 4.69) is 32.1 Å². The highest BCUT2D eigenvalue weighted by molar-refractivity contribution is 7.18. The zero-order valence-electron chi connectivity index (χ0n) is 21.0. The molecule has 1 saturated heterocycles. The Hall–Kier alpha value is -3.77. The molecule has 2 aromatic heterocycles. The third kappa shape index (κ3) is 5.52. The van der Waals surface area contributed by atoms with Crippen LogP contribution in [0.5, 0.6) is 6.01 Å². The molecule has 1 aliphatic rings. The number of nitrogens with one attached hydrogen (secondary N) is 2. The van der Waals surface area contributed by atoms with Crippen molar-refractivity contribution in [1.29, 1.82) is 0 Å². The Morgan fingerprint density at radius 2 is 2.00 bits per heavy atom. The van der Waals surface area contributed by atoms with Gasteiger partial charge in [-0.2, -0.15) is 14.4 Å². The first kappa shape index (κ1) is 26.8. The van der Waals surface area contributed by atoms with Crippen molar-refractivity contribution in [2.45, 2.75) is 18.9 Å². The van der Waals surface area contributed by atoms with Gasteiger partial charge >= 0.3 is 6.01 Å². The van der Waals surface area contributed by atoms with E-state index in [4.69, 9.17) is 4.74 Å². The van der Waals surface area contributed by atoms with Gasteiger partial charge in [-0.05, 0) is 38.6 Å². The van der Waals surface area contributed by atoms with Gasteiger partial charge in [0.25, 0.3) is 5.91 Å². The van der Waals surface area contributed by atoms with Crippen LogP contribution >= 0.6 is 11.3 Å². The summed E-state index contributed by atoms with van der Waals surface area (Å²) in [6.07, 6.45) is 2.03. The molecule has 0 unspecified atom stereocenters. The number of anilines is 1. The molecule has 3 heterocycles. The fraction of sp³-hybridized carbons (Fsp3) is 0.296. The van der Waals surface area contributed by atoms with Gasteiger partial charge in [0.05, 0.1) is 5.52 Å². The van der Waals surface area contributed by atoms with E-state index >= 15 is 4.39 Å². The highest BCUT2D eigenvalue weighted by atomic mass is 32.1. The maximum Gasteiger partial charge on any atom is 0.318 e. The lowest BCUT2D eigenvalue weighted by molar-refractivity contribution is -0.118. The zero-order chi connectivity index (χ0) is 27.7. The molecule has 0 aliphatic carbocycles. The normalized spacial score (nSPS) is 15.7. The van der Waals surface area contributed by atoms with Crippen molar-refractivity contribution in [3.05, 3.63) is 59.5 Å². The summed E-state index contributed by atoms with van der Waals surface area (Å²) in [5.41, 5.74) is 0.792. The summed E-state index contributed by atoms with van der Waals surface area (Å²) in [6.45, 7) is 4.47. The number of nitrogens with zero attached hydrogens (tertiary/aromatic N) is 3. The number of rotatable bonds is 9. The second-order valence-electron chi connectivity index (χ2n) is 9.25. The monoisotopic (exact) mass is 559 g/mol. The Morgan fingerprint density at radius 3 is 2.74 bits per heavy atom. The van der Waals surface area contributed by atoms with Gasteiger partial charge in [-0.3, -0.25) is 4.79 Å². The standard InChI is InChI=1S/C27H25F4N5O2S/c1-14(28)26(37)33-9-8-32-25-19-11-20(29)18(16-6-3-7-17-22(30)24(31)39-23(16)17)12-21(19)34-27(35-25)38-13-15-5-4-10-36(15)2/h3,6-7,11-12,15H,1,4-5,8-10,13H2,2H3,(H,33,37)(H,32,34,35)/t15-/m0/s1. The average Bonchev–Trinajstić information content (AvgIpc) is 3.46. The fourth-order valence-corrected chi connectivity index (χ4v) is 5.55. The van der Waals surface area contributed by atoms with Crippen molar-refractivity contribution in [2.24, 2.45) is 0 Å². The molecule has 4 aromatic rings. The van der Waals surface area contributed by atoms with Crippen LogP contribution in [0.4, 0.5) is 23.4 Å². The molecule has 2 aromatic carbocycles. The number of thiophene rings is 1. The van der Waals surface area contributed by atoms with E-state index in [1.807, 2.05) is 7.05 Å². The largest absolute Gasteiger partial charge is 0.462 e. The average molecular weight is 560 g/mol. The summed E-state index contributed by atoms with van der Waals surface area (Å²) in [6, 6.07) is 7.58. The lowest BCUT2D eigenvalue weighted by Gasteiger charge is -2.19. The maximum atomic E-state index is 15.5. The number of fused-ring (bicyclic) bond motifs is 2. The maximum absolute atomic E-state index is 15.5. The number of ether oxygens (including phenoxy) is 1. The van der Waals surface area contributed by atoms with Crippen LogP contribution < -0.4 is 15.4 Å². The number of aromatic nitrogens is 2. The van der Waals surface area contributed by atoms with Crippen molar-refractivity contribution in [3.63, 3.8) is 0 Å². The summed E-state index contributed by atoms with van der Waals surface area (Å²) < 4.78 is 62.9. The molecule has 1 amide bonds. The SMILES string of the molecule is C=C(F)C(=O)NCCNc1nc(OC[C@@H]2CCCN2C)nc2cc(-c3cccc4c(F)c(F)sc34)c(F)cc12. The van der Waals surface area contributed by atoms with Gasteiger partial charge < -0.3 is 20.3 Å². The smallest absolute Gasteiger partial charge is 0.318 e. The van der Waals surface area contributed by atoms with Crippen molar-refractivity contribution in [3.8, 4) is 17.1 Å². The molecule has 0 saturated carbocycles. The van der Waals surface area contributed by atoms with E-state index in [-0.39, 0.29) is 46.6 Å². The summed E-state index contributed by atoms with van der Waals surface area (Å²) in [4.78, 5) is 22.5. The number of likely N-dealkylation sites (tertiary alicyclic amines) is 1. The van der Waals surface area contributed by atoms with Crippen LogP contribution in [-0.4, -0.2) is 60.1 Å². The van der Waals surface area contributed by atoms with Crippen LogP contribution in [0.3, 0.4) is 0 Å². The number of amides is 1. The molecule has 7 nitrogen and oxygen atoms in total. The van der Waals surface area contributed by atoms with Gasteiger partial charge in [0.15, 0.2) is 11.6 Å². The Kier molecular flexibility index (Phi) is 7.67. The predicted octanol–water partition coefficient (Wildman–Crippen LogP) is 5.41. The minimum Gasteiger partial charge on any atom is -0.462 e. The zero-order valence-corrected chi connectivity index (χ0v) is 21.8. The molecule has 0 bridgehead atoms. The Morgan fingerprint density at radius 1 is 1.18 bits per heavy atom.